The van der Waals surface area contributed by atoms with Crippen molar-refractivity contribution in [2.75, 3.05) is 25.0 Å². The maximum atomic E-state index is 8.68. The maximum Gasteiger partial charge on any atom is 0.126 e. The van der Waals surface area contributed by atoms with E-state index in [2.05, 4.69) is 28.2 Å². The first-order chi connectivity index (χ1) is 8.28. The van der Waals surface area contributed by atoms with Crippen molar-refractivity contribution in [2.24, 2.45) is 0 Å². The third-order valence-corrected chi connectivity index (χ3v) is 3.02. The molecule has 1 unspecified atom stereocenters. The quantitative estimate of drug-likeness (QED) is 0.857. The molecule has 0 radical (unpaired) electrons. The van der Waals surface area contributed by atoms with Crippen LogP contribution in [-0.2, 0) is 0 Å². The van der Waals surface area contributed by atoms with Gasteiger partial charge in [0.2, 0.25) is 0 Å². The van der Waals surface area contributed by atoms with Gasteiger partial charge in [0.15, 0.2) is 0 Å². The lowest BCUT2D eigenvalue weighted by Gasteiger charge is -2.21. The Bertz CT molecular complexity index is 387. The molecule has 1 aromatic rings. The minimum Gasteiger partial charge on any atom is -0.366 e. The van der Waals surface area contributed by atoms with E-state index in [1.165, 1.54) is 25.9 Å². The number of pyridine rings is 1. The molecule has 2 heterocycles. The molecule has 0 saturated carbocycles. The monoisotopic (exact) mass is 230 g/mol. The summed E-state index contributed by atoms with van der Waals surface area (Å²) >= 11 is 0. The zero-order valence-corrected chi connectivity index (χ0v) is 10.2. The Kier molecular flexibility index (Phi) is 3.94. The van der Waals surface area contributed by atoms with Gasteiger partial charge in [-0.05, 0) is 45.0 Å². The number of nitriles is 1. The summed E-state index contributed by atoms with van der Waals surface area (Å²) in [4.78, 5) is 6.69. The Morgan fingerprint density at radius 1 is 1.47 bits per heavy atom. The Balaban J connectivity index is 1.84. The van der Waals surface area contributed by atoms with Crippen LogP contribution in [0.1, 0.15) is 25.3 Å². The Morgan fingerprint density at radius 3 is 2.82 bits per heavy atom. The fourth-order valence-corrected chi connectivity index (χ4v) is 2.20. The van der Waals surface area contributed by atoms with E-state index in [4.69, 9.17) is 5.26 Å². The molecule has 0 aromatic carbocycles. The second kappa shape index (κ2) is 5.65. The van der Waals surface area contributed by atoms with E-state index in [1.807, 2.05) is 6.07 Å². The highest BCUT2D eigenvalue weighted by Crippen LogP contribution is 2.10. The van der Waals surface area contributed by atoms with Crippen molar-refractivity contribution in [2.45, 2.75) is 25.8 Å². The van der Waals surface area contributed by atoms with Crippen LogP contribution in [0.2, 0.25) is 0 Å². The van der Waals surface area contributed by atoms with Crippen LogP contribution in [0.3, 0.4) is 0 Å². The van der Waals surface area contributed by atoms with Crippen LogP contribution >= 0.6 is 0 Å². The maximum absolute atomic E-state index is 8.68. The molecule has 17 heavy (non-hydrogen) atoms. The van der Waals surface area contributed by atoms with Crippen LogP contribution in [0.5, 0.6) is 0 Å². The summed E-state index contributed by atoms with van der Waals surface area (Å²) in [6, 6.07) is 6.10. The number of nitrogens with zero attached hydrogens (tertiary/aromatic N) is 3. The minimum absolute atomic E-state index is 0.383. The molecule has 2 rings (SSSR count). The molecule has 1 aromatic heterocycles. The van der Waals surface area contributed by atoms with Gasteiger partial charge in [-0.1, -0.05) is 0 Å². The molecule has 0 bridgehead atoms. The van der Waals surface area contributed by atoms with E-state index in [9.17, 15) is 0 Å². The predicted molar refractivity (Wildman–Crippen MR) is 67.7 cm³/mol. The first kappa shape index (κ1) is 11.9. The van der Waals surface area contributed by atoms with Crippen LogP contribution in [0.15, 0.2) is 18.3 Å². The molecule has 4 heteroatoms. The van der Waals surface area contributed by atoms with Crippen LogP contribution in [0.4, 0.5) is 5.82 Å². The summed E-state index contributed by atoms with van der Waals surface area (Å²) in [5.41, 5.74) is 0.600. The summed E-state index contributed by atoms with van der Waals surface area (Å²) in [6.45, 7) is 5.65. The molecule has 1 fully saturated rings. The number of likely N-dealkylation sites (tertiary alicyclic amines) is 1. The molecule has 0 spiro atoms. The van der Waals surface area contributed by atoms with Crippen LogP contribution < -0.4 is 5.32 Å². The smallest absolute Gasteiger partial charge is 0.126 e. The molecule has 1 aliphatic heterocycles. The first-order valence-corrected chi connectivity index (χ1v) is 6.13. The van der Waals surface area contributed by atoms with Crippen molar-refractivity contribution in [3.63, 3.8) is 0 Å². The van der Waals surface area contributed by atoms with Gasteiger partial charge in [-0.15, -0.1) is 0 Å². The third-order valence-electron chi connectivity index (χ3n) is 3.02. The number of rotatable bonds is 4. The largest absolute Gasteiger partial charge is 0.366 e. The van der Waals surface area contributed by atoms with Gasteiger partial charge in [0.1, 0.15) is 11.9 Å². The fraction of sp³-hybridized carbons (Fsp3) is 0.538. The average molecular weight is 230 g/mol. The summed E-state index contributed by atoms with van der Waals surface area (Å²) in [7, 11) is 0. The van der Waals surface area contributed by atoms with E-state index < -0.39 is 0 Å². The first-order valence-electron chi connectivity index (χ1n) is 6.13. The average Bonchev–Trinajstić information content (AvgIpc) is 2.82. The summed E-state index contributed by atoms with van der Waals surface area (Å²) in [5.74, 6) is 0.843. The standard InChI is InChI=1S/C13H18N4/c1-11(10-17-6-2-3-7-17)16-13-5-4-12(8-14)9-15-13/h4-5,9,11H,2-3,6-7,10H2,1H3,(H,15,16). The number of hydrogen-bond acceptors (Lipinski definition) is 4. The van der Waals surface area contributed by atoms with Crippen molar-refractivity contribution >= 4 is 5.82 Å². The van der Waals surface area contributed by atoms with E-state index in [-0.39, 0.29) is 0 Å². The highest BCUT2D eigenvalue weighted by molar-refractivity contribution is 5.39. The molecule has 0 amide bonds. The minimum atomic E-state index is 0.383. The van der Waals surface area contributed by atoms with Gasteiger partial charge in [-0.3, -0.25) is 0 Å². The second-order valence-corrected chi connectivity index (χ2v) is 4.60. The van der Waals surface area contributed by atoms with Gasteiger partial charge in [0, 0.05) is 18.8 Å². The van der Waals surface area contributed by atoms with Gasteiger partial charge >= 0.3 is 0 Å². The topological polar surface area (TPSA) is 52.0 Å². The Morgan fingerprint density at radius 2 is 2.24 bits per heavy atom. The number of hydrogen-bond donors (Lipinski definition) is 1. The van der Waals surface area contributed by atoms with Gasteiger partial charge in [0.25, 0.3) is 0 Å². The fourth-order valence-electron chi connectivity index (χ4n) is 2.20. The highest BCUT2D eigenvalue weighted by Gasteiger charge is 2.14. The lowest BCUT2D eigenvalue weighted by molar-refractivity contribution is 0.327. The highest BCUT2D eigenvalue weighted by atomic mass is 15.2. The Labute approximate surface area is 102 Å². The van der Waals surface area contributed by atoms with E-state index >= 15 is 0 Å². The van der Waals surface area contributed by atoms with E-state index in [0.29, 0.717) is 11.6 Å². The third kappa shape index (κ3) is 3.43. The number of nitrogens with one attached hydrogen (secondary N) is 1. The van der Waals surface area contributed by atoms with Crippen LogP contribution in [-0.4, -0.2) is 35.6 Å². The summed E-state index contributed by atoms with van der Waals surface area (Å²) in [6.07, 6.45) is 4.24. The summed E-state index contributed by atoms with van der Waals surface area (Å²) < 4.78 is 0. The summed E-state index contributed by atoms with van der Waals surface area (Å²) in [5, 5.41) is 12.0. The molecule has 1 atom stereocenters. The number of anilines is 1. The van der Waals surface area contributed by atoms with Crippen molar-refractivity contribution in [1.82, 2.24) is 9.88 Å². The van der Waals surface area contributed by atoms with Crippen molar-refractivity contribution in [3.8, 4) is 6.07 Å². The van der Waals surface area contributed by atoms with Gasteiger partial charge in [0.05, 0.1) is 5.56 Å². The molecule has 1 saturated heterocycles. The second-order valence-electron chi connectivity index (χ2n) is 4.60. The van der Waals surface area contributed by atoms with Crippen molar-refractivity contribution in [1.29, 1.82) is 5.26 Å². The van der Waals surface area contributed by atoms with Gasteiger partial charge < -0.3 is 10.2 Å². The van der Waals surface area contributed by atoms with E-state index in [1.54, 1.807) is 12.3 Å². The molecule has 1 aliphatic rings. The Hall–Kier alpha value is -1.60. The van der Waals surface area contributed by atoms with Crippen molar-refractivity contribution < 1.29 is 0 Å². The molecule has 1 N–H and O–H groups in total. The van der Waals surface area contributed by atoms with Crippen LogP contribution in [0.25, 0.3) is 0 Å². The lowest BCUT2D eigenvalue weighted by atomic mass is 10.3. The van der Waals surface area contributed by atoms with E-state index in [0.717, 1.165) is 12.4 Å². The molecule has 4 nitrogen and oxygen atoms in total. The zero-order chi connectivity index (χ0) is 12.1. The normalized spacial score (nSPS) is 17.6. The lowest BCUT2D eigenvalue weighted by Crippen LogP contribution is -2.33. The molecule has 0 aliphatic carbocycles. The molecule has 90 valence electrons. The van der Waals surface area contributed by atoms with Gasteiger partial charge in [-0.25, -0.2) is 4.98 Å². The molecular weight excluding hydrogens is 212 g/mol. The predicted octanol–water partition coefficient (Wildman–Crippen LogP) is 1.85. The SMILES string of the molecule is CC(CN1CCCC1)Nc1ccc(C#N)cn1. The number of aromatic nitrogens is 1. The zero-order valence-electron chi connectivity index (χ0n) is 10.2. The molecular formula is C13H18N4. The van der Waals surface area contributed by atoms with Crippen molar-refractivity contribution in [3.05, 3.63) is 23.9 Å². The van der Waals surface area contributed by atoms with Crippen LogP contribution in [0, 0.1) is 11.3 Å². The van der Waals surface area contributed by atoms with Gasteiger partial charge in [-0.2, -0.15) is 5.26 Å².